The highest BCUT2D eigenvalue weighted by Crippen LogP contribution is 2.35. The van der Waals surface area contributed by atoms with E-state index in [0.717, 1.165) is 39.6 Å². The Morgan fingerprint density at radius 3 is 1.96 bits per heavy atom. The molecule has 136 valence electrons. The van der Waals surface area contributed by atoms with Crippen molar-refractivity contribution in [2.45, 2.75) is 46.5 Å². The molecule has 0 heterocycles. The molecule has 0 saturated heterocycles. The molecule has 2 aromatic carbocycles. The van der Waals surface area contributed by atoms with Gasteiger partial charge < -0.3 is 0 Å². The molecule has 0 saturated carbocycles. The highest BCUT2D eigenvalue weighted by molar-refractivity contribution is 6.36. The van der Waals surface area contributed by atoms with E-state index in [2.05, 4.69) is 27.7 Å². The van der Waals surface area contributed by atoms with E-state index in [4.69, 9.17) is 46.4 Å². The van der Waals surface area contributed by atoms with Crippen LogP contribution in [0, 0.1) is 11.8 Å². The van der Waals surface area contributed by atoms with E-state index in [1.807, 2.05) is 24.3 Å². The van der Waals surface area contributed by atoms with Crippen LogP contribution >= 0.6 is 46.4 Å². The van der Waals surface area contributed by atoms with Crippen molar-refractivity contribution in [3.05, 3.63) is 67.1 Å². The third-order valence-corrected chi connectivity index (χ3v) is 5.95. The largest absolute Gasteiger partial charge is 0.0843 e. The summed E-state index contributed by atoms with van der Waals surface area (Å²) in [6, 6.07) is 9.75. The summed E-state index contributed by atoms with van der Waals surface area (Å²) in [4.78, 5) is 0. The molecule has 0 fully saturated rings. The highest BCUT2D eigenvalue weighted by atomic mass is 35.5. The SMILES string of the molecule is CC(C)Cc1c(Cl)ccc(CC(C)C(C)c2cc(Cl)cc(Cl)c2)c1Cl. The minimum atomic E-state index is 0.316. The normalized spacial score (nSPS) is 14.0. The molecular formula is C21H24Cl4. The summed E-state index contributed by atoms with van der Waals surface area (Å²) in [5, 5.41) is 2.91. The summed E-state index contributed by atoms with van der Waals surface area (Å²) in [5.41, 5.74) is 3.35. The van der Waals surface area contributed by atoms with E-state index >= 15 is 0 Å². The van der Waals surface area contributed by atoms with Gasteiger partial charge in [-0.05, 0) is 71.6 Å². The van der Waals surface area contributed by atoms with E-state index in [1.165, 1.54) is 0 Å². The monoisotopic (exact) mass is 416 g/mol. The van der Waals surface area contributed by atoms with Crippen LogP contribution in [0.15, 0.2) is 30.3 Å². The second-order valence-corrected chi connectivity index (χ2v) is 8.93. The summed E-state index contributed by atoms with van der Waals surface area (Å²) in [6.07, 6.45) is 1.77. The van der Waals surface area contributed by atoms with Gasteiger partial charge >= 0.3 is 0 Å². The second-order valence-electron chi connectivity index (χ2n) is 7.27. The number of hydrogen-bond acceptors (Lipinski definition) is 0. The van der Waals surface area contributed by atoms with E-state index in [0.29, 0.717) is 27.8 Å². The van der Waals surface area contributed by atoms with Gasteiger partial charge in [-0.1, -0.05) is 80.2 Å². The van der Waals surface area contributed by atoms with E-state index in [1.54, 1.807) is 6.07 Å². The van der Waals surface area contributed by atoms with Crippen molar-refractivity contribution < 1.29 is 0 Å². The molecule has 0 N–H and O–H groups in total. The van der Waals surface area contributed by atoms with Crippen LogP contribution in [0.4, 0.5) is 0 Å². The summed E-state index contributed by atoms with van der Waals surface area (Å²) >= 11 is 25.3. The summed E-state index contributed by atoms with van der Waals surface area (Å²) in [5.74, 6) is 1.21. The van der Waals surface area contributed by atoms with Gasteiger partial charge in [0.05, 0.1) is 0 Å². The molecule has 4 heteroatoms. The van der Waals surface area contributed by atoms with Crippen molar-refractivity contribution in [1.29, 1.82) is 0 Å². The fourth-order valence-electron chi connectivity index (χ4n) is 3.09. The number of halogens is 4. The maximum atomic E-state index is 6.68. The lowest BCUT2D eigenvalue weighted by atomic mass is 9.84. The van der Waals surface area contributed by atoms with Crippen molar-refractivity contribution in [2.75, 3.05) is 0 Å². The molecule has 0 nitrogen and oxygen atoms in total. The molecule has 25 heavy (non-hydrogen) atoms. The van der Waals surface area contributed by atoms with Gasteiger partial charge in [0, 0.05) is 20.1 Å². The molecule has 2 aromatic rings. The Morgan fingerprint density at radius 2 is 1.40 bits per heavy atom. The van der Waals surface area contributed by atoms with Crippen molar-refractivity contribution >= 4 is 46.4 Å². The molecule has 0 aliphatic heterocycles. The molecule has 0 aliphatic rings. The van der Waals surface area contributed by atoms with Crippen LogP contribution in [0.3, 0.4) is 0 Å². The fraction of sp³-hybridized carbons (Fsp3) is 0.429. The van der Waals surface area contributed by atoms with Gasteiger partial charge in [0.25, 0.3) is 0 Å². The Labute approximate surface area is 171 Å². The molecular weight excluding hydrogens is 394 g/mol. The average Bonchev–Trinajstić information content (AvgIpc) is 2.52. The van der Waals surface area contributed by atoms with Crippen molar-refractivity contribution in [1.82, 2.24) is 0 Å². The smallest absolute Gasteiger partial charge is 0.0485 e. The van der Waals surface area contributed by atoms with E-state index in [-0.39, 0.29) is 0 Å². The number of rotatable bonds is 6. The Bertz CT molecular complexity index is 717. The standard InChI is InChI=1S/C21H24Cl4/c1-12(2)7-19-20(24)6-5-15(21(19)25)8-13(3)14(4)16-9-17(22)11-18(23)10-16/h5-6,9-14H,7-8H2,1-4H3. The average molecular weight is 418 g/mol. The molecule has 0 amide bonds. The zero-order valence-electron chi connectivity index (χ0n) is 15.0. The van der Waals surface area contributed by atoms with Crippen LogP contribution < -0.4 is 0 Å². The molecule has 0 aliphatic carbocycles. The van der Waals surface area contributed by atoms with E-state index in [9.17, 15) is 0 Å². The zero-order chi connectivity index (χ0) is 18.7. The number of hydrogen-bond donors (Lipinski definition) is 0. The third kappa shape index (κ3) is 5.54. The second kappa shape index (κ2) is 9.00. The Kier molecular flexibility index (Phi) is 7.52. The van der Waals surface area contributed by atoms with Crippen LogP contribution in [0.2, 0.25) is 20.1 Å². The topological polar surface area (TPSA) is 0 Å². The van der Waals surface area contributed by atoms with Crippen LogP contribution in [-0.4, -0.2) is 0 Å². The van der Waals surface area contributed by atoms with Gasteiger partial charge in [-0.15, -0.1) is 0 Å². The fourth-order valence-corrected chi connectivity index (χ4v) is 4.23. The predicted molar refractivity (Wildman–Crippen MR) is 113 cm³/mol. The maximum absolute atomic E-state index is 6.68. The van der Waals surface area contributed by atoms with Gasteiger partial charge in [0.2, 0.25) is 0 Å². The van der Waals surface area contributed by atoms with Crippen molar-refractivity contribution in [3.63, 3.8) is 0 Å². The minimum absolute atomic E-state index is 0.316. The van der Waals surface area contributed by atoms with Crippen LogP contribution in [0.1, 0.15) is 50.3 Å². The first-order chi connectivity index (χ1) is 11.7. The van der Waals surface area contributed by atoms with Crippen molar-refractivity contribution in [2.24, 2.45) is 11.8 Å². The lowest BCUT2D eigenvalue weighted by Crippen LogP contribution is -2.11. The highest BCUT2D eigenvalue weighted by Gasteiger charge is 2.19. The maximum Gasteiger partial charge on any atom is 0.0485 e. The van der Waals surface area contributed by atoms with Gasteiger partial charge in [0.15, 0.2) is 0 Å². The first-order valence-corrected chi connectivity index (χ1v) is 10.1. The quantitative estimate of drug-likeness (QED) is 0.441. The van der Waals surface area contributed by atoms with Gasteiger partial charge in [0.1, 0.15) is 0 Å². The predicted octanol–water partition coefficient (Wildman–Crippen LogP) is 8.48. The minimum Gasteiger partial charge on any atom is -0.0843 e. The molecule has 2 unspecified atom stereocenters. The van der Waals surface area contributed by atoms with Crippen molar-refractivity contribution in [3.8, 4) is 0 Å². The molecule has 2 rings (SSSR count). The molecule has 0 aromatic heterocycles. The first kappa shape index (κ1) is 20.9. The Balaban J connectivity index is 2.23. The summed E-state index contributed by atoms with van der Waals surface area (Å²) in [7, 11) is 0. The lowest BCUT2D eigenvalue weighted by molar-refractivity contribution is 0.485. The molecule has 0 radical (unpaired) electrons. The lowest BCUT2D eigenvalue weighted by Gasteiger charge is -2.22. The van der Waals surface area contributed by atoms with Gasteiger partial charge in [-0.3, -0.25) is 0 Å². The molecule has 0 spiro atoms. The summed E-state index contributed by atoms with van der Waals surface area (Å²) < 4.78 is 0. The summed E-state index contributed by atoms with van der Waals surface area (Å²) in [6.45, 7) is 8.78. The van der Waals surface area contributed by atoms with Crippen LogP contribution in [0.5, 0.6) is 0 Å². The van der Waals surface area contributed by atoms with Gasteiger partial charge in [-0.2, -0.15) is 0 Å². The van der Waals surface area contributed by atoms with Gasteiger partial charge in [-0.25, -0.2) is 0 Å². The Hall–Kier alpha value is -0.400. The third-order valence-electron chi connectivity index (χ3n) is 4.68. The van der Waals surface area contributed by atoms with Crippen LogP contribution in [0.25, 0.3) is 0 Å². The zero-order valence-corrected chi connectivity index (χ0v) is 18.1. The van der Waals surface area contributed by atoms with Crippen LogP contribution in [-0.2, 0) is 12.8 Å². The Morgan fingerprint density at radius 1 is 0.800 bits per heavy atom. The molecule has 0 bridgehead atoms. The van der Waals surface area contributed by atoms with E-state index < -0.39 is 0 Å². The molecule has 2 atom stereocenters. The number of benzene rings is 2. The first-order valence-electron chi connectivity index (χ1n) is 8.60.